The number of aromatic nitrogens is 2. The molecular formula is C19H24N4O3. The molecule has 1 saturated heterocycles. The van der Waals surface area contributed by atoms with Gasteiger partial charge in [-0.25, -0.2) is 4.98 Å². The van der Waals surface area contributed by atoms with Gasteiger partial charge in [-0.05, 0) is 31.9 Å². The predicted molar refractivity (Wildman–Crippen MR) is 101 cm³/mol. The Morgan fingerprint density at radius 2 is 2.00 bits per heavy atom. The smallest absolute Gasteiger partial charge is 0.255 e. The average Bonchev–Trinajstić information content (AvgIpc) is 2.63. The number of hydrogen-bond donors (Lipinski definition) is 2. The van der Waals surface area contributed by atoms with Crippen molar-refractivity contribution in [3.8, 4) is 0 Å². The summed E-state index contributed by atoms with van der Waals surface area (Å²) in [5.74, 6) is 0.458. The SMILES string of the molecule is Cc1ccccc1NC(=O)CCc1c(C)nc(N2CCOCC2)[nH]c1=O. The zero-order valence-corrected chi connectivity index (χ0v) is 15.2. The summed E-state index contributed by atoms with van der Waals surface area (Å²) in [4.78, 5) is 34.0. The summed E-state index contributed by atoms with van der Waals surface area (Å²) in [6.45, 7) is 6.43. The number of ether oxygens (including phenoxy) is 1. The molecule has 0 radical (unpaired) electrons. The molecule has 2 heterocycles. The number of morpholine rings is 1. The minimum atomic E-state index is -0.178. The molecule has 2 N–H and O–H groups in total. The van der Waals surface area contributed by atoms with E-state index in [-0.39, 0.29) is 17.9 Å². The van der Waals surface area contributed by atoms with Crippen molar-refractivity contribution in [1.29, 1.82) is 0 Å². The van der Waals surface area contributed by atoms with Crippen LogP contribution in [0.15, 0.2) is 29.1 Å². The second-order valence-electron chi connectivity index (χ2n) is 6.42. The summed E-state index contributed by atoms with van der Waals surface area (Å²) in [7, 11) is 0. The lowest BCUT2D eigenvalue weighted by atomic mass is 10.1. The van der Waals surface area contributed by atoms with Gasteiger partial charge in [0.1, 0.15) is 0 Å². The lowest BCUT2D eigenvalue weighted by Gasteiger charge is -2.27. The van der Waals surface area contributed by atoms with Gasteiger partial charge in [-0.3, -0.25) is 14.6 Å². The molecule has 0 bridgehead atoms. The molecule has 138 valence electrons. The fourth-order valence-electron chi connectivity index (χ4n) is 2.98. The van der Waals surface area contributed by atoms with E-state index in [0.717, 1.165) is 11.3 Å². The number of carbonyl (C=O) groups excluding carboxylic acids is 1. The molecule has 2 aromatic rings. The minimum Gasteiger partial charge on any atom is -0.378 e. The monoisotopic (exact) mass is 356 g/mol. The molecule has 7 heteroatoms. The molecule has 1 aromatic heterocycles. The third kappa shape index (κ3) is 4.29. The maximum absolute atomic E-state index is 12.4. The largest absolute Gasteiger partial charge is 0.378 e. The molecular weight excluding hydrogens is 332 g/mol. The quantitative estimate of drug-likeness (QED) is 0.853. The van der Waals surface area contributed by atoms with Crippen LogP contribution in [0.3, 0.4) is 0 Å². The Morgan fingerprint density at radius 3 is 2.69 bits per heavy atom. The van der Waals surface area contributed by atoms with Gasteiger partial charge in [0, 0.05) is 36.5 Å². The van der Waals surface area contributed by atoms with Gasteiger partial charge >= 0.3 is 0 Å². The Bertz CT molecular complexity index is 841. The van der Waals surface area contributed by atoms with Crippen molar-refractivity contribution < 1.29 is 9.53 Å². The molecule has 0 spiro atoms. The summed E-state index contributed by atoms with van der Waals surface area (Å²) >= 11 is 0. The third-order valence-electron chi connectivity index (χ3n) is 4.54. The van der Waals surface area contributed by atoms with Crippen LogP contribution in [0.4, 0.5) is 11.6 Å². The van der Waals surface area contributed by atoms with Crippen molar-refractivity contribution in [2.24, 2.45) is 0 Å². The zero-order valence-electron chi connectivity index (χ0n) is 15.2. The van der Waals surface area contributed by atoms with Crippen LogP contribution in [0.2, 0.25) is 0 Å². The van der Waals surface area contributed by atoms with Crippen molar-refractivity contribution in [2.75, 3.05) is 36.5 Å². The molecule has 0 saturated carbocycles. The first-order valence-corrected chi connectivity index (χ1v) is 8.82. The molecule has 1 amide bonds. The van der Waals surface area contributed by atoms with E-state index in [1.807, 2.05) is 43.0 Å². The van der Waals surface area contributed by atoms with Crippen molar-refractivity contribution in [1.82, 2.24) is 9.97 Å². The summed E-state index contributed by atoms with van der Waals surface area (Å²) in [6, 6.07) is 7.62. The van der Waals surface area contributed by atoms with E-state index >= 15 is 0 Å². The average molecular weight is 356 g/mol. The number of para-hydroxylation sites is 1. The number of aryl methyl sites for hydroxylation is 2. The molecule has 0 unspecified atom stereocenters. The van der Waals surface area contributed by atoms with Crippen LogP contribution < -0.4 is 15.8 Å². The highest BCUT2D eigenvalue weighted by Gasteiger charge is 2.16. The fraction of sp³-hybridized carbons (Fsp3) is 0.421. The number of rotatable bonds is 5. The van der Waals surface area contributed by atoms with Gasteiger partial charge < -0.3 is 15.0 Å². The van der Waals surface area contributed by atoms with Crippen molar-refractivity contribution in [3.63, 3.8) is 0 Å². The van der Waals surface area contributed by atoms with Crippen LogP contribution in [0.25, 0.3) is 0 Å². The standard InChI is InChI=1S/C19H24N4O3/c1-13-5-3-4-6-16(13)21-17(24)8-7-15-14(2)20-19(22-18(15)25)23-9-11-26-12-10-23/h3-6H,7-12H2,1-2H3,(H,21,24)(H,20,22,25). The number of nitrogens with one attached hydrogen (secondary N) is 2. The molecule has 1 fully saturated rings. The number of benzene rings is 1. The molecule has 26 heavy (non-hydrogen) atoms. The lowest BCUT2D eigenvalue weighted by Crippen LogP contribution is -2.38. The Morgan fingerprint density at radius 1 is 1.27 bits per heavy atom. The van der Waals surface area contributed by atoms with E-state index in [2.05, 4.69) is 15.3 Å². The number of nitrogens with zero attached hydrogens (tertiary/aromatic N) is 2. The van der Waals surface area contributed by atoms with E-state index in [1.54, 1.807) is 0 Å². The van der Waals surface area contributed by atoms with Gasteiger partial charge in [-0.1, -0.05) is 18.2 Å². The predicted octanol–water partition coefficient (Wildman–Crippen LogP) is 1.79. The fourth-order valence-corrected chi connectivity index (χ4v) is 2.98. The summed E-state index contributed by atoms with van der Waals surface area (Å²) in [5.41, 5.74) is 2.85. The number of hydrogen-bond acceptors (Lipinski definition) is 5. The van der Waals surface area contributed by atoms with Crippen LogP contribution in [-0.2, 0) is 16.0 Å². The number of carbonyl (C=O) groups is 1. The molecule has 3 rings (SSSR count). The van der Waals surface area contributed by atoms with E-state index in [9.17, 15) is 9.59 Å². The molecule has 0 atom stereocenters. The Kier molecular flexibility index (Phi) is 5.68. The first-order chi connectivity index (χ1) is 12.5. The number of aromatic amines is 1. The molecule has 1 aliphatic heterocycles. The van der Waals surface area contributed by atoms with Gasteiger partial charge in [0.25, 0.3) is 5.56 Å². The first-order valence-electron chi connectivity index (χ1n) is 8.82. The van der Waals surface area contributed by atoms with E-state index < -0.39 is 0 Å². The van der Waals surface area contributed by atoms with Gasteiger partial charge in [0.2, 0.25) is 11.9 Å². The number of amides is 1. The zero-order chi connectivity index (χ0) is 18.5. The highest BCUT2D eigenvalue weighted by atomic mass is 16.5. The number of anilines is 2. The molecule has 1 aromatic carbocycles. The van der Waals surface area contributed by atoms with Crippen LogP contribution in [0.1, 0.15) is 23.2 Å². The van der Waals surface area contributed by atoms with Crippen LogP contribution >= 0.6 is 0 Å². The highest BCUT2D eigenvalue weighted by molar-refractivity contribution is 5.91. The van der Waals surface area contributed by atoms with Crippen molar-refractivity contribution >= 4 is 17.5 Å². The van der Waals surface area contributed by atoms with E-state index in [1.165, 1.54) is 0 Å². The van der Waals surface area contributed by atoms with E-state index in [0.29, 0.717) is 49.9 Å². The molecule has 1 aliphatic rings. The van der Waals surface area contributed by atoms with Gasteiger partial charge in [0.15, 0.2) is 0 Å². The van der Waals surface area contributed by atoms with Crippen LogP contribution in [0.5, 0.6) is 0 Å². The summed E-state index contributed by atoms with van der Waals surface area (Å²) in [5, 5.41) is 2.89. The lowest BCUT2D eigenvalue weighted by molar-refractivity contribution is -0.116. The van der Waals surface area contributed by atoms with Gasteiger partial charge in [-0.15, -0.1) is 0 Å². The van der Waals surface area contributed by atoms with Crippen LogP contribution in [-0.4, -0.2) is 42.2 Å². The maximum Gasteiger partial charge on any atom is 0.255 e. The van der Waals surface area contributed by atoms with Gasteiger partial charge in [-0.2, -0.15) is 0 Å². The normalized spacial score (nSPS) is 14.3. The second-order valence-corrected chi connectivity index (χ2v) is 6.42. The summed E-state index contributed by atoms with van der Waals surface area (Å²) < 4.78 is 5.32. The van der Waals surface area contributed by atoms with Crippen LogP contribution in [0, 0.1) is 13.8 Å². The summed E-state index contributed by atoms with van der Waals surface area (Å²) in [6.07, 6.45) is 0.589. The van der Waals surface area contributed by atoms with Gasteiger partial charge in [0.05, 0.1) is 13.2 Å². The highest BCUT2D eigenvalue weighted by Crippen LogP contribution is 2.15. The molecule has 0 aliphatic carbocycles. The topological polar surface area (TPSA) is 87.3 Å². The maximum atomic E-state index is 12.4. The Hall–Kier alpha value is -2.67. The van der Waals surface area contributed by atoms with Crippen molar-refractivity contribution in [2.45, 2.75) is 26.7 Å². The second kappa shape index (κ2) is 8.14. The Balaban J connectivity index is 1.65. The Labute approximate surface area is 152 Å². The molecule has 7 nitrogen and oxygen atoms in total. The first kappa shape index (κ1) is 18.1. The third-order valence-corrected chi connectivity index (χ3v) is 4.54. The van der Waals surface area contributed by atoms with E-state index in [4.69, 9.17) is 4.74 Å². The minimum absolute atomic E-state index is 0.115. The number of H-pyrrole nitrogens is 1. The van der Waals surface area contributed by atoms with Crippen molar-refractivity contribution in [3.05, 3.63) is 51.4 Å².